The van der Waals surface area contributed by atoms with E-state index in [1.807, 2.05) is 14.0 Å². The summed E-state index contributed by atoms with van der Waals surface area (Å²) in [7, 11) is 1.85. The van der Waals surface area contributed by atoms with Gasteiger partial charge < -0.3 is 9.73 Å². The van der Waals surface area contributed by atoms with Crippen molar-refractivity contribution in [2.75, 3.05) is 7.05 Å². The molecule has 0 aliphatic heterocycles. The molecule has 20 heavy (non-hydrogen) atoms. The van der Waals surface area contributed by atoms with Gasteiger partial charge in [0.2, 0.25) is 0 Å². The summed E-state index contributed by atoms with van der Waals surface area (Å²) in [4.78, 5) is 10.1. The van der Waals surface area contributed by atoms with Crippen LogP contribution in [-0.2, 0) is 6.42 Å². The molecule has 106 valence electrons. The first-order valence-electron chi connectivity index (χ1n) is 6.21. The third kappa shape index (κ3) is 3.21. The molecule has 0 amide bonds. The van der Waals surface area contributed by atoms with Crippen LogP contribution >= 0.6 is 0 Å². The van der Waals surface area contributed by atoms with Crippen molar-refractivity contribution in [1.82, 2.24) is 5.32 Å². The van der Waals surface area contributed by atoms with Gasteiger partial charge in [-0.1, -0.05) is 0 Å². The number of benzene rings is 1. The Balaban J connectivity index is 2.30. The second kappa shape index (κ2) is 5.83. The molecule has 1 unspecified atom stereocenters. The fourth-order valence-electron chi connectivity index (χ4n) is 1.87. The van der Waals surface area contributed by atoms with Crippen molar-refractivity contribution in [1.29, 1.82) is 0 Å². The molecule has 1 aromatic heterocycles. The first kappa shape index (κ1) is 14.2. The quantitative estimate of drug-likeness (QED) is 0.674. The summed E-state index contributed by atoms with van der Waals surface area (Å²) < 4.78 is 19.0. The van der Waals surface area contributed by atoms with E-state index in [0.29, 0.717) is 17.7 Å². The largest absolute Gasteiger partial charge is 0.461 e. The van der Waals surface area contributed by atoms with Crippen LogP contribution in [0.1, 0.15) is 12.7 Å². The van der Waals surface area contributed by atoms with Crippen LogP contribution in [0.25, 0.3) is 11.3 Å². The van der Waals surface area contributed by atoms with E-state index >= 15 is 0 Å². The lowest BCUT2D eigenvalue weighted by Gasteiger charge is -2.06. The van der Waals surface area contributed by atoms with E-state index in [9.17, 15) is 14.5 Å². The van der Waals surface area contributed by atoms with Gasteiger partial charge in [-0.05, 0) is 32.2 Å². The zero-order valence-corrected chi connectivity index (χ0v) is 11.2. The molecule has 1 atom stereocenters. The maximum Gasteiger partial charge on any atom is 0.273 e. The first-order valence-corrected chi connectivity index (χ1v) is 6.21. The molecule has 1 N–H and O–H groups in total. The number of nitro groups is 1. The average molecular weight is 278 g/mol. The van der Waals surface area contributed by atoms with E-state index in [1.165, 1.54) is 12.1 Å². The van der Waals surface area contributed by atoms with Gasteiger partial charge >= 0.3 is 0 Å². The highest BCUT2D eigenvalue weighted by Crippen LogP contribution is 2.27. The summed E-state index contributed by atoms with van der Waals surface area (Å²) >= 11 is 0. The molecule has 0 radical (unpaired) electrons. The van der Waals surface area contributed by atoms with E-state index in [4.69, 9.17) is 4.42 Å². The Bertz CT molecular complexity index is 625. The Morgan fingerprint density at radius 1 is 1.40 bits per heavy atom. The molecule has 2 rings (SSSR count). The molecule has 0 bridgehead atoms. The Kier molecular flexibility index (Phi) is 4.14. The van der Waals surface area contributed by atoms with Crippen LogP contribution in [0.4, 0.5) is 10.1 Å². The van der Waals surface area contributed by atoms with Crippen molar-refractivity contribution in [3.8, 4) is 11.3 Å². The van der Waals surface area contributed by atoms with Gasteiger partial charge in [-0.25, -0.2) is 4.39 Å². The number of halogens is 1. The smallest absolute Gasteiger partial charge is 0.273 e. The van der Waals surface area contributed by atoms with Crippen LogP contribution in [0, 0.1) is 15.9 Å². The minimum atomic E-state index is -0.657. The maximum absolute atomic E-state index is 13.4. The second-order valence-electron chi connectivity index (χ2n) is 4.62. The average Bonchev–Trinajstić information content (AvgIpc) is 2.86. The highest BCUT2D eigenvalue weighted by molar-refractivity contribution is 5.61. The van der Waals surface area contributed by atoms with Crippen LogP contribution in [0.5, 0.6) is 0 Å². The third-order valence-corrected chi connectivity index (χ3v) is 3.04. The lowest BCUT2D eigenvalue weighted by atomic mass is 10.1. The minimum Gasteiger partial charge on any atom is -0.461 e. The molecule has 1 aromatic carbocycles. The minimum absolute atomic E-state index is 0.246. The Morgan fingerprint density at radius 2 is 2.15 bits per heavy atom. The summed E-state index contributed by atoms with van der Waals surface area (Å²) in [6.07, 6.45) is 0.688. The number of likely N-dealkylation sites (N-methyl/N-ethyl adjacent to an activating group) is 1. The van der Waals surface area contributed by atoms with Crippen molar-refractivity contribution in [3.05, 3.63) is 52.0 Å². The van der Waals surface area contributed by atoms with Crippen molar-refractivity contribution in [2.24, 2.45) is 0 Å². The predicted molar refractivity (Wildman–Crippen MR) is 73.0 cm³/mol. The Labute approximate surface area is 115 Å². The van der Waals surface area contributed by atoms with E-state index < -0.39 is 10.7 Å². The molecule has 0 fully saturated rings. The molecule has 0 aliphatic carbocycles. The van der Waals surface area contributed by atoms with Gasteiger partial charge in [0.1, 0.15) is 17.3 Å². The number of nitro benzene ring substituents is 1. The van der Waals surface area contributed by atoms with Gasteiger partial charge in [0.05, 0.1) is 11.0 Å². The van der Waals surface area contributed by atoms with Gasteiger partial charge in [0.15, 0.2) is 0 Å². The van der Waals surface area contributed by atoms with Gasteiger partial charge in [-0.15, -0.1) is 0 Å². The van der Waals surface area contributed by atoms with E-state index in [-0.39, 0.29) is 11.7 Å². The summed E-state index contributed by atoms with van der Waals surface area (Å²) in [5.74, 6) is 0.510. The van der Waals surface area contributed by atoms with Gasteiger partial charge in [0.25, 0.3) is 5.69 Å². The number of nitrogens with one attached hydrogen (secondary N) is 1. The summed E-state index contributed by atoms with van der Waals surface area (Å²) in [6, 6.07) is 7.13. The molecule has 0 saturated carbocycles. The number of furan rings is 1. The van der Waals surface area contributed by atoms with Crippen molar-refractivity contribution in [2.45, 2.75) is 19.4 Å². The monoisotopic (exact) mass is 278 g/mol. The number of rotatable bonds is 5. The number of hydrogen-bond donors (Lipinski definition) is 1. The van der Waals surface area contributed by atoms with E-state index in [1.54, 1.807) is 12.1 Å². The zero-order chi connectivity index (χ0) is 14.7. The van der Waals surface area contributed by atoms with Gasteiger partial charge in [0, 0.05) is 24.1 Å². The normalized spacial score (nSPS) is 12.3. The molecule has 6 heteroatoms. The highest BCUT2D eigenvalue weighted by atomic mass is 19.1. The highest BCUT2D eigenvalue weighted by Gasteiger charge is 2.14. The fourth-order valence-corrected chi connectivity index (χ4v) is 1.87. The van der Waals surface area contributed by atoms with Crippen LogP contribution in [0.15, 0.2) is 34.7 Å². The molecule has 0 spiro atoms. The molecular formula is C14H15FN2O3. The summed E-state index contributed by atoms with van der Waals surface area (Å²) in [6.45, 7) is 2.01. The van der Waals surface area contributed by atoms with Crippen LogP contribution in [0.2, 0.25) is 0 Å². The van der Waals surface area contributed by atoms with Crippen molar-refractivity contribution >= 4 is 5.69 Å². The SMILES string of the molecule is CNC(C)Cc1ccc(-c2cc(F)cc([N+](=O)[O-])c2)o1. The number of non-ortho nitro benzene ring substituents is 1. The molecule has 0 aliphatic rings. The van der Waals surface area contributed by atoms with Crippen LogP contribution in [-0.4, -0.2) is 18.0 Å². The molecule has 1 heterocycles. The van der Waals surface area contributed by atoms with Gasteiger partial charge in [-0.2, -0.15) is 0 Å². The molecular weight excluding hydrogens is 263 g/mol. The summed E-state index contributed by atoms with van der Waals surface area (Å²) in [5.41, 5.74) is 0.0709. The molecule has 5 nitrogen and oxygen atoms in total. The molecule has 0 saturated heterocycles. The van der Waals surface area contributed by atoms with E-state index in [0.717, 1.165) is 11.8 Å². The predicted octanol–water partition coefficient (Wildman–Crippen LogP) is 3.14. The lowest BCUT2D eigenvalue weighted by Crippen LogP contribution is -2.23. The van der Waals surface area contributed by atoms with Crippen LogP contribution < -0.4 is 5.32 Å². The zero-order valence-electron chi connectivity index (χ0n) is 11.2. The summed E-state index contributed by atoms with van der Waals surface area (Å²) in [5, 5.41) is 13.8. The third-order valence-electron chi connectivity index (χ3n) is 3.04. The Hall–Kier alpha value is -2.21. The Morgan fingerprint density at radius 3 is 2.80 bits per heavy atom. The van der Waals surface area contributed by atoms with E-state index in [2.05, 4.69) is 5.32 Å². The van der Waals surface area contributed by atoms with Crippen LogP contribution in [0.3, 0.4) is 0 Å². The van der Waals surface area contributed by atoms with Crippen molar-refractivity contribution < 1.29 is 13.7 Å². The molecule has 2 aromatic rings. The standard InChI is InChI=1S/C14H15FN2O3/c1-9(16-2)5-13-3-4-14(20-13)10-6-11(15)8-12(7-10)17(18)19/h3-4,6-9,16H,5H2,1-2H3. The number of hydrogen-bond acceptors (Lipinski definition) is 4. The maximum atomic E-state index is 13.4. The van der Waals surface area contributed by atoms with Crippen molar-refractivity contribution in [3.63, 3.8) is 0 Å². The lowest BCUT2D eigenvalue weighted by molar-refractivity contribution is -0.385. The first-order chi connectivity index (χ1) is 9.49. The van der Waals surface area contributed by atoms with Gasteiger partial charge in [-0.3, -0.25) is 10.1 Å². The topological polar surface area (TPSA) is 68.3 Å². The second-order valence-corrected chi connectivity index (χ2v) is 4.62. The number of nitrogens with zero attached hydrogens (tertiary/aromatic N) is 1. The fraction of sp³-hybridized carbons (Fsp3) is 0.286.